The highest BCUT2D eigenvalue weighted by Crippen LogP contribution is 2.30. The Morgan fingerprint density at radius 3 is 2.00 bits per heavy atom. The van der Waals surface area contributed by atoms with E-state index in [0.29, 0.717) is 11.5 Å². The van der Waals surface area contributed by atoms with Crippen LogP contribution < -0.4 is 5.32 Å². The van der Waals surface area contributed by atoms with Crippen molar-refractivity contribution in [2.75, 3.05) is 7.05 Å². The van der Waals surface area contributed by atoms with Crippen LogP contribution in [0.5, 0.6) is 0 Å². The van der Waals surface area contributed by atoms with Crippen molar-refractivity contribution in [3.63, 3.8) is 0 Å². The third-order valence-electron chi connectivity index (χ3n) is 2.71. The van der Waals surface area contributed by atoms with Crippen molar-refractivity contribution in [2.45, 2.75) is 53.5 Å². The van der Waals surface area contributed by atoms with Gasteiger partial charge in [-0.2, -0.15) is 0 Å². The monoisotopic (exact) mass is 171 g/mol. The zero-order valence-corrected chi connectivity index (χ0v) is 9.57. The molecule has 0 heterocycles. The van der Waals surface area contributed by atoms with E-state index in [1.807, 2.05) is 0 Å². The summed E-state index contributed by atoms with van der Waals surface area (Å²) in [7, 11) is 2.07. The molecular weight excluding hydrogens is 146 g/mol. The molecule has 1 heteroatoms. The zero-order valence-electron chi connectivity index (χ0n) is 9.57. The standard InChI is InChI=1S/C11H25N/c1-7-8-11(4,5)10(12-6)9(2)3/h9-10,12H,7-8H2,1-6H3. The Kier molecular flexibility index (Phi) is 4.84. The van der Waals surface area contributed by atoms with Gasteiger partial charge in [-0.1, -0.05) is 41.0 Å². The van der Waals surface area contributed by atoms with Crippen LogP contribution in [0.15, 0.2) is 0 Å². The second kappa shape index (κ2) is 4.86. The molecule has 0 radical (unpaired) electrons. The summed E-state index contributed by atoms with van der Waals surface area (Å²) in [4.78, 5) is 0. The molecule has 0 rings (SSSR count). The zero-order chi connectivity index (χ0) is 9.78. The Labute approximate surface area is 77.9 Å². The molecule has 0 saturated carbocycles. The number of nitrogens with one attached hydrogen (secondary N) is 1. The average Bonchev–Trinajstić information content (AvgIpc) is 1.86. The van der Waals surface area contributed by atoms with E-state index in [-0.39, 0.29) is 0 Å². The lowest BCUT2D eigenvalue weighted by Gasteiger charge is -2.37. The van der Waals surface area contributed by atoms with Gasteiger partial charge in [0.25, 0.3) is 0 Å². The lowest BCUT2D eigenvalue weighted by molar-refractivity contribution is 0.184. The van der Waals surface area contributed by atoms with E-state index in [2.05, 4.69) is 47.0 Å². The van der Waals surface area contributed by atoms with E-state index in [0.717, 1.165) is 5.92 Å². The van der Waals surface area contributed by atoms with Crippen LogP contribution in [0.2, 0.25) is 0 Å². The fourth-order valence-corrected chi connectivity index (χ4v) is 2.43. The maximum absolute atomic E-state index is 3.43. The first kappa shape index (κ1) is 12.0. The molecule has 12 heavy (non-hydrogen) atoms. The minimum atomic E-state index is 0.428. The first-order chi connectivity index (χ1) is 5.45. The van der Waals surface area contributed by atoms with Crippen molar-refractivity contribution in [3.8, 4) is 0 Å². The smallest absolute Gasteiger partial charge is 0.0138 e. The van der Waals surface area contributed by atoms with Crippen molar-refractivity contribution in [1.29, 1.82) is 0 Å². The lowest BCUT2D eigenvalue weighted by atomic mass is 9.75. The molecule has 0 amide bonds. The van der Waals surface area contributed by atoms with Gasteiger partial charge in [0.2, 0.25) is 0 Å². The van der Waals surface area contributed by atoms with Gasteiger partial charge >= 0.3 is 0 Å². The fourth-order valence-electron chi connectivity index (χ4n) is 2.43. The van der Waals surface area contributed by atoms with Gasteiger partial charge in [-0.3, -0.25) is 0 Å². The second-order valence-corrected chi connectivity index (χ2v) is 4.75. The van der Waals surface area contributed by atoms with E-state index in [1.165, 1.54) is 12.8 Å². The van der Waals surface area contributed by atoms with E-state index < -0.39 is 0 Å². The maximum atomic E-state index is 3.43. The number of hydrogen-bond acceptors (Lipinski definition) is 1. The molecule has 1 unspecified atom stereocenters. The highest BCUT2D eigenvalue weighted by Gasteiger charge is 2.29. The van der Waals surface area contributed by atoms with Crippen LogP contribution in [-0.2, 0) is 0 Å². The molecule has 0 aromatic heterocycles. The van der Waals surface area contributed by atoms with Gasteiger partial charge < -0.3 is 5.32 Å². The van der Waals surface area contributed by atoms with Crippen molar-refractivity contribution in [3.05, 3.63) is 0 Å². The Hall–Kier alpha value is -0.0400. The van der Waals surface area contributed by atoms with Gasteiger partial charge in [0.1, 0.15) is 0 Å². The van der Waals surface area contributed by atoms with Gasteiger partial charge in [-0.05, 0) is 24.8 Å². The van der Waals surface area contributed by atoms with Gasteiger partial charge in [0.15, 0.2) is 0 Å². The van der Waals surface area contributed by atoms with Crippen LogP contribution in [0, 0.1) is 11.3 Å². The Morgan fingerprint density at radius 1 is 1.25 bits per heavy atom. The predicted octanol–water partition coefficient (Wildman–Crippen LogP) is 3.06. The summed E-state index contributed by atoms with van der Waals surface area (Å²) in [6, 6.07) is 0.637. The Bertz CT molecular complexity index is 116. The number of hydrogen-bond donors (Lipinski definition) is 1. The van der Waals surface area contributed by atoms with E-state index >= 15 is 0 Å². The van der Waals surface area contributed by atoms with E-state index in [1.54, 1.807) is 0 Å². The summed E-state index contributed by atoms with van der Waals surface area (Å²) in [6.07, 6.45) is 2.58. The first-order valence-corrected chi connectivity index (χ1v) is 5.13. The molecule has 1 N–H and O–H groups in total. The molecule has 0 aliphatic rings. The molecule has 0 fully saturated rings. The number of rotatable bonds is 5. The summed E-state index contributed by atoms with van der Waals surface area (Å²) in [5, 5.41) is 3.43. The minimum Gasteiger partial charge on any atom is -0.316 e. The molecular formula is C11H25N. The quantitative estimate of drug-likeness (QED) is 0.670. The van der Waals surface area contributed by atoms with Gasteiger partial charge in [0, 0.05) is 6.04 Å². The van der Waals surface area contributed by atoms with Gasteiger partial charge in [-0.15, -0.1) is 0 Å². The summed E-state index contributed by atoms with van der Waals surface area (Å²) in [5.41, 5.74) is 0.428. The van der Waals surface area contributed by atoms with E-state index in [9.17, 15) is 0 Å². The summed E-state index contributed by atoms with van der Waals surface area (Å²) >= 11 is 0. The Balaban J connectivity index is 4.25. The topological polar surface area (TPSA) is 12.0 Å². The molecule has 0 bridgehead atoms. The van der Waals surface area contributed by atoms with Crippen LogP contribution in [0.25, 0.3) is 0 Å². The summed E-state index contributed by atoms with van der Waals surface area (Å²) < 4.78 is 0. The van der Waals surface area contributed by atoms with Crippen LogP contribution in [-0.4, -0.2) is 13.1 Å². The highest BCUT2D eigenvalue weighted by molar-refractivity contribution is 4.84. The molecule has 0 aromatic rings. The first-order valence-electron chi connectivity index (χ1n) is 5.13. The Morgan fingerprint density at radius 2 is 1.75 bits per heavy atom. The largest absolute Gasteiger partial charge is 0.316 e. The van der Waals surface area contributed by atoms with Crippen LogP contribution in [0.3, 0.4) is 0 Å². The van der Waals surface area contributed by atoms with Crippen LogP contribution in [0.1, 0.15) is 47.5 Å². The predicted molar refractivity (Wildman–Crippen MR) is 56.4 cm³/mol. The third kappa shape index (κ3) is 3.14. The molecule has 0 spiro atoms. The average molecular weight is 171 g/mol. The maximum Gasteiger partial charge on any atom is 0.0138 e. The summed E-state index contributed by atoms with van der Waals surface area (Å²) in [5.74, 6) is 0.719. The molecule has 0 aliphatic carbocycles. The lowest BCUT2D eigenvalue weighted by Crippen LogP contribution is -2.43. The van der Waals surface area contributed by atoms with Crippen LogP contribution in [0.4, 0.5) is 0 Å². The van der Waals surface area contributed by atoms with Crippen molar-refractivity contribution >= 4 is 0 Å². The van der Waals surface area contributed by atoms with Crippen molar-refractivity contribution < 1.29 is 0 Å². The molecule has 0 aliphatic heterocycles. The van der Waals surface area contributed by atoms with Gasteiger partial charge in [-0.25, -0.2) is 0 Å². The summed E-state index contributed by atoms with van der Waals surface area (Å²) in [6.45, 7) is 11.6. The normalized spacial score (nSPS) is 15.2. The van der Waals surface area contributed by atoms with Crippen molar-refractivity contribution in [2.24, 2.45) is 11.3 Å². The molecule has 0 saturated heterocycles. The molecule has 74 valence electrons. The third-order valence-corrected chi connectivity index (χ3v) is 2.71. The fraction of sp³-hybridized carbons (Fsp3) is 1.00. The molecule has 0 aromatic carbocycles. The second-order valence-electron chi connectivity index (χ2n) is 4.75. The minimum absolute atomic E-state index is 0.428. The van der Waals surface area contributed by atoms with Crippen LogP contribution >= 0.6 is 0 Å². The van der Waals surface area contributed by atoms with E-state index in [4.69, 9.17) is 0 Å². The van der Waals surface area contributed by atoms with Crippen molar-refractivity contribution in [1.82, 2.24) is 5.32 Å². The SMILES string of the molecule is CCCC(C)(C)C(NC)C(C)C. The van der Waals surface area contributed by atoms with Gasteiger partial charge in [0.05, 0.1) is 0 Å². The molecule has 1 atom stereocenters. The highest BCUT2D eigenvalue weighted by atomic mass is 14.9. The molecule has 1 nitrogen and oxygen atoms in total.